The first-order chi connectivity index (χ1) is 15.8. The summed E-state index contributed by atoms with van der Waals surface area (Å²) >= 11 is 0. The Morgan fingerprint density at radius 3 is 1.91 bits per heavy atom. The quantitative estimate of drug-likeness (QED) is 0.199. The van der Waals surface area contributed by atoms with E-state index in [0.717, 1.165) is 13.1 Å². The summed E-state index contributed by atoms with van der Waals surface area (Å²) in [7, 11) is 0. The highest BCUT2D eigenvalue weighted by molar-refractivity contribution is 5.69. The Balaban J connectivity index is 2.02. The molecule has 33 heavy (non-hydrogen) atoms. The van der Waals surface area contributed by atoms with Crippen molar-refractivity contribution in [1.29, 1.82) is 0 Å². The summed E-state index contributed by atoms with van der Waals surface area (Å²) in [4.78, 5) is 19.2. The van der Waals surface area contributed by atoms with Gasteiger partial charge in [0.1, 0.15) is 31.1 Å². The van der Waals surface area contributed by atoms with Crippen molar-refractivity contribution in [2.45, 2.75) is 37.6 Å². The molecule has 0 aromatic rings. The van der Waals surface area contributed by atoms with Crippen molar-refractivity contribution < 1.29 is 44.9 Å². The molecule has 0 radical (unpaired) electrons. The van der Waals surface area contributed by atoms with Crippen LogP contribution < -0.4 is 0 Å². The van der Waals surface area contributed by atoms with Gasteiger partial charge in [0, 0.05) is 52.4 Å². The van der Waals surface area contributed by atoms with Crippen molar-refractivity contribution >= 4 is 5.97 Å². The van der Waals surface area contributed by atoms with Gasteiger partial charge in [0.15, 0.2) is 6.29 Å². The molecule has 0 saturated carbocycles. The Kier molecular flexibility index (Phi) is 12.4. The molecule has 2 saturated heterocycles. The Morgan fingerprint density at radius 1 is 0.848 bits per heavy atom. The van der Waals surface area contributed by atoms with Gasteiger partial charge in [-0.05, 0) is 6.54 Å². The van der Waals surface area contributed by atoms with Crippen LogP contribution in [-0.4, -0.2) is 172 Å². The van der Waals surface area contributed by atoms with Gasteiger partial charge in [-0.1, -0.05) is 6.92 Å². The van der Waals surface area contributed by atoms with E-state index in [-0.39, 0.29) is 20.0 Å². The third kappa shape index (κ3) is 8.96. The maximum absolute atomic E-state index is 11.3. The highest BCUT2D eigenvalue weighted by Crippen LogP contribution is 2.22. The summed E-state index contributed by atoms with van der Waals surface area (Å²) in [5, 5.41) is 58.4. The second-order valence-electron chi connectivity index (χ2n) is 8.47. The molecule has 0 aromatic heterocycles. The number of rotatable bonds is 8. The van der Waals surface area contributed by atoms with Gasteiger partial charge < -0.3 is 45.0 Å². The lowest BCUT2D eigenvalue weighted by Crippen LogP contribution is -2.59. The van der Waals surface area contributed by atoms with Crippen LogP contribution in [0, 0.1) is 0 Å². The summed E-state index contributed by atoms with van der Waals surface area (Å²) in [6, 6.07) is 0. The summed E-state index contributed by atoms with van der Waals surface area (Å²) in [5.74, 6) is -0.902. The second-order valence-corrected chi connectivity index (χ2v) is 8.47. The number of aliphatic hydroxyl groups excluding tert-OH is 5. The first kappa shape index (κ1) is 28.3. The minimum atomic E-state index is -1.52. The summed E-state index contributed by atoms with van der Waals surface area (Å²) in [6.45, 7) is 6.87. The molecule has 2 fully saturated rings. The van der Waals surface area contributed by atoms with Crippen molar-refractivity contribution in [3.05, 3.63) is 0 Å². The van der Waals surface area contributed by atoms with Gasteiger partial charge >= 0.3 is 5.97 Å². The number of hydrogen-bond donors (Lipinski definition) is 6. The summed E-state index contributed by atoms with van der Waals surface area (Å²) in [6.07, 6.45) is -6.78. The molecule has 5 atom stereocenters. The van der Waals surface area contributed by atoms with Crippen molar-refractivity contribution in [2.75, 3.05) is 85.5 Å². The van der Waals surface area contributed by atoms with E-state index in [9.17, 15) is 35.4 Å². The van der Waals surface area contributed by atoms with Crippen LogP contribution in [0.25, 0.3) is 0 Å². The van der Waals surface area contributed by atoms with Crippen molar-refractivity contribution in [1.82, 2.24) is 19.6 Å². The Bertz CT molecular complexity index is 574. The minimum absolute atomic E-state index is 0.00392. The van der Waals surface area contributed by atoms with Crippen LogP contribution in [-0.2, 0) is 14.3 Å². The first-order valence-electron chi connectivity index (χ1n) is 11.4. The van der Waals surface area contributed by atoms with Crippen molar-refractivity contribution in [3.8, 4) is 0 Å². The molecule has 13 nitrogen and oxygen atoms in total. The third-order valence-corrected chi connectivity index (χ3v) is 6.21. The van der Waals surface area contributed by atoms with Crippen molar-refractivity contribution in [2.24, 2.45) is 0 Å². The van der Waals surface area contributed by atoms with Crippen LogP contribution >= 0.6 is 0 Å². The normalized spacial score (nSPS) is 32.8. The molecule has 5 unspecified atom stereocenters. The van der Waals surface area contributed by atoms with Crippen LogP contribution in [0.5, 0.6) is 0 Å². The predicted octanol–water partition coefficient (Wildman–Crippen LogP) is -3.96. The fourth-order valence-corrected chi connectivity index (χ4v) is 3.90. The zero-order valence-electron chi connectivity index (χ0n) is 19.3. The molecule has 0 spiro atoms. The largest absolute Gasteiger partial charge is 0.480 e. The molecule has 6 N–H and O–H groups in total. The number of carboxylic acid groups (broad SMARTS) is 1. The third-order valence-electron chi connectivity index (χ3n) is 6.21. The Morgan fingerprint density at radius 2 is 1.39 bits per heavy atom. The number of ether oxygens (including phenoxy) is 2. The van der Waals surface area contributed by atoms with E-state index < -0.39 is 43.3 Å². The Labute approximate surface area is 194 Å². The molecule has 2 aliphatic rings. The SMILES string of the molecule is CCN1CCN(CO)CCN(COC2OC(CO)C(O)C(O)C2O)CCN(CC(=O)O)CC1. The van der Waals surface area contributed by atoms with Gasteiger partial charge in [-0.3, -0.25) is 19.5 Å². The zero-order chi connectivity index (χ0) is 24.4. The van der Waals surface area contributed by atoms with Gasteiger partial charge in [0.2, 0.25) is 0 Å². The van der Waals surface area contributed by atoms with E-state index in [1.54, 1.807) is 0 Å². The fourth-order valence-electron chi connectivity index (χ4n) is 3.90. The lowest BCUT2D eigenvalue weighted by atomic mass is 9.99. The van der Waals surface area contributed by atoms with E-state index in [0.29, 0.717) is 45.8 Å². The highest BCUT2D eigenvalue weighted by Gasteiger charge is 2.44. The number of hydrogen-bond acceptors (Lipinski definition) is 12. The summed E-state index contributed by atoms with van der Waals surface area (Å²) in [5.41, 5.74) is 0. The van der Waals surface area contributed by atoms with E-state index in [2.05, 4.69) is 11.8 Å². The second kappa shape index (κ2) is 14.4. The van der Waals surface area contributed by atoms with Crippen LogP contribution in [0.3, 0.4) is 0 Å². The van der Waals surface area contributed by atoms with E-state index in [1.807, 2.05) is 14.7 Å². The lowest BCUT2D eigenvalue weighted by Gasteiger charge is -2.40. The maximum atomic E-state index is 11.3. The molecule has 194 valence electrons. The molecule has 0 aliphatic carbocycles. The van der Waals surface area contributed by atoms with Gasteiger partial charge in [0.25, 0.3) is 0 Å². The van der Waals surface area contributed by atoms with Crippen LogP contribution in [0.1, 0.15) is 6.92 Å². The number of carboxylic acids is 1. The molecule has 0 amide bonds. The molecule has 2 rings (SSSR count). The molecule has 0 aromatic carbocycles. The van der Waals surface area contributed by atoms with Crippen LogP contribution in [0.4, 0.5) is 0 Å². The average Bonchev–Trinajstić information content (AvgIpc) is 2.79. The number of likely N-dealkylation sites (N-methyl/N-ethyl adjacent to an activating group) is 1. The van der Waals surface area contributed by atoms with Crippen LogP contribution in [0.2, 0.25) is 0 Å². The van der Waals surface area contributed by atoms with Gasteiger partial charge in [-0.25, -0.2) is 0 Å². The topological polar surface area (TPSA) is 170 Å². The average molecular weight is 481 g/mol. The molecular weight excluding hydrogens is 440 g/mol. The van der Waals surface area contributed by atoms with E-state index >= 15 is 0 Å². The zero-order valence-corrected chi connectivity index (χ0v) is 19.3. The number of aliphatic carboxylic acids is 1. The van der Waals surface area contributed by atoms with Crippen LogP contribution in [0.15, 0.2) is 0 Å². The lowest BCUT2D eigenvalue weighted by molar-refractivity contribution is -0.308. The molecule has 2 heterocycles. The predicted molar refractivity (Wildman–Crippen MR) is 116 cm³/mol. The standard InChI is InChI=1S/C20H40N4O9/c1-2-21-3-5-22(11-16(27)28)6-9-24(10-8-23(13-26)7-4-21)14-32-20-19(31)18(30)17(29)15(12-25)33-20/h15,17-20,25-26,29-31H,2-14H2,1H3,(H,27,28). The molecule has 13 heteroatoms. The van der Waals surface area contributed by atoms with Crippen molar-refractivity contribution in [3.63, 3.8) is 0 Å². The summed E-state index contributed by atoms with van der Waals surface area (Å²) < 4.78 is 11.1. The Hall–Kier alpha value is -0.970. The van der Waals surface area contributed by atoms with E-state index in [1.165, 1.54) is 0 Å². The maximum Gasteiger partial charge on any atom is 0.317 e. The van der Waals surface area contributed by atoms with Gasteiger partial charge in [-0.15, -0.1) is 0 Å². The number of nitrogens with zero attached hydrogens (tertiary/aromatic N) is 4. The van der Waals surface area contributed by atoms with Gasteiger partial charge in [-0.2, -0.15) is 0 Å². The molecule has 0 bridgehead atoms. The minimum Gasteiger partial charge on any atom is -0.480 e. The van der Waals surface area contributed by atoms with E-state index in [4.69, 9.17) is 9.47 Å². The first-order valence-corrected chi connectivity index (χ1v) is 11.4. The molecular formula is C20H40N4O9. The highest BCUT2D eigenvalue weighted by atomic mass is 16.7. The monoisotopic (exact) mass is 480 g/mol. The number of carbonyl (C=O) groups is 1. The number of aliphatic hydroxyl groups is 5. The smallest absolute Gasteiger partial charge is 0.317 e. The fraction of sp³-hybridized carbons (Fsp3) is 0.950. The van der Waals surface area contributed by atoms with Gasteiger partial charge in [0.05, 0.1) is 19.9 Å². The molecule has 2 aliphatic heterocycles.